The summed E-state index contributed by atoms with van der Waals surface area (Å²) >= 11 is 3.43. The minimum atomic E-state index is 1.03. The van der Waals surface area contributed by atoms with Crippen LogP contribution in [0.3, 0.4) is 0 Å². The second kappa shape index (κ2) is 2.27. The van der Waals surface area contributed by atoms with Crippen LogP contribution < -0.4 is 5.43 Å². The van der Waals surface area contributed by atoms with Crippen molar-refractivity contribution in [2.24, 2.45) is 0 Å². The number of hydrogen-bond acceptors (Lipinski definition) is 2. The fraction of sp³-hybridized carbons (Fsp3) is 0.500. The van der Waals surface area contributed by atoms with Crippen LogP contribution in [0.4, 0.5) is 0 Å². The number of nitrogens with zero attached hydrogens (tertiary/aromatic N) is 2. The molecule has 0 aromatic carbocycles. The third kappa shape index (κ3) is 0.831. The number of fused-ring (bicyclic) bond motifs is 1. The molecular formula is C6H8BrN3. The van der Waals surface area contributed by atoms with Crippen LogP contribution in [-0.2, 0) is 6.42 Å². The maximum Gasteiger partial charge on any atom is 0.0762 e. The zero-order valence-electron chi connectivity index (χ0n) is 5.47. The molecule has 2 heterocycles. The Kier molecular flexibility index (Phi) is 1.41. The highest BCUT2D eigenvalue weighted by molar-refractivity contribution is 9.10. The summed E-state index contributed by atoms with van der Waals surface area (Å²) in [6.45, 7) is 1.03. The Morgan fingerprint density at radius 2 is 2.60 bits per heavy atom. The molecule has 54 valence electrons. The van der Waals surface area contributed by atoms with Gasteiger partial charge in [0.1, 0.15) is 0 Å². The first-order chi connectivity index (χ1) is 4.88. The van der Waals surface area contributed by atoms with Crippen LogP contribution in [0, 0.1) is 0 Å². The van der Waals surface area contributed by atoms with Crippen molar-refractivity contribution in [3.63, 3.8) is 0 Å². The SMILES string of the molecule is Brc1cnn2c1CCCN2. The molecule has 10 heavy (non-hydrogen) atoms. The Bertz CT molecular complexity index is 243. The molecule has 1 N–H and O–H groups in total. The van der Waals surface area contributed by atoms with Crippen molar-refractivity contribution in [3.05, 3.63) is 16.4 Å². The lowest BCUT2D eigenvalue weighted by molar-refractivity contribution is 0.607. The molecule has 0 unspecified atom stereocenters. The molecule has 0 aliphatic carbocycles. The highest BCUT2D eigenvalue weighted by Gasteiger charge is 2.11. The van der Waals surface area contributed by atoms with E-state index < -0.39 is 0 Å². The monoisotopic (exact) mass is 201 g/mol. The van der Waals surface area contributed by atoms with Gasteiger partial charge in [-0.1, -0.05) is 0 Å². The van der Waals surface area contributed by atoms with Crippen molar-refractivity contribution in [2.75, 3.05) is 12.0 Å². The second-order valence-electron chi connectivity index (χ2n) is 2.36. The van der Waals surface area contributed by atoms with Gasteiger partial charge in [-0.05, 0) is 28.8 Å². The number of rotatable bonds is 0. The molecule has 2 rings (SSSR count). The minimum Gasteiger partial charge on any atom is -0.310 e. The van der Waals surface area contributed by atoms with Crippen LogP contribution in [0.2, 0.25) is 0 Å². The lowest BCUT2D eigenvalue weighted by Gasteiger charge is -2.15. The Labute approximate surface area is 67.5 Å². The summed E-state index contributed by atoms with van der Waals surface area (Å²) in [5.41, 5.74) is 4.41. The molecule has 1 aromatic rings. The zero-order valence-corrected chi connectivity index (χ0v) is 7.06. The third-order valence-corrected chi connectivity index (χ3v) is 2.33. The summed E-state index contributed by atoms with van der Waals surface area (Å²) in [5.74, 6) is 0. The van der Waals surface area contributed by atoms with E-state index in [0.29, 0.717) is 0 Å². The average Bonchev–Trinajstić information content (AvgIpc) is 2.34. The third-order valence-electron chi connectivity index (χ3n) is 1.67. The Balaban J connectivity index is 2.45. The van der Waals surface area contributed by atoms with Crippen molar-refractivity contribution in [1.82, 2.24) is 9.89 Å². The van der Waals surface area contributed by atoms with Crippen molar-refractivity contribution in [3.8, 4) is 0 Å². The Hall–Kier alpha value is -0.510. The maximum atomic E-state index is 4.11. The smallest absolute Gasteiger partial charge is 0.0762 e. The van der Waals surface area contributed by atoms with Crippen LogP contribution in [0.15, 0.2) is 10.7 Å². The molecule has 0 amide bonds. The van der Waals surface area contributed by atoms with E-state index in [0.717, 1.165) is 17.4 Å². The molecule has 1 aliphatic heterocycles. The summed E-state index contributed by atoms with van der Waals surface area (Å²) in [6.07, 6.45) is 4.14. The highest BCUT2D eigenvalue weighted by Crippen LogP contribution is 2.18. The first kappa shape index (κ1) is 6.22. The molecule has 1 aromatic heterocycles. The average molecular weight is 202 g/mol. The standard InChI is InChI=1S/C6H8BrN3/c7-5-4-9-10-6(5)2-1-3-8-10/h4,8H,1-3H2. The van der Waals surface area contributed by atoms with Crippen molar-refractivity contribution >= 4 is 15.9 Å². The van der Waals surface area contributed by atoms with Crippen molar-refractivity contribution in [1.29, 1.82) is 0 Å². The van der Waals surface area contributed by atoms with Crippen LogP contribution in [-0.4, -0.2) is 16.4 Å². The number of aromatic nitrogens is 2. The van der Waals surface area contributed by atoms with E-state index in [1.165, 1.54) is 12.1 Å². The van der Waals surface area contributed by atoms with Gasteiger partial charge >= 0.3 is 0 Å². The molecular weight excluding hydrogens is 194 g/mol. The maximum absolute atomic E-state index is 4.11. The molecule has 0 atom stereocenters. The van der Waals surface area contributed by atoms with Gasteiger partial charge in [-0.3, -0.25) is 0 Å². The molecule has 0 spiro atoms. The molecule has 0 bridgehead atoms. The van der Waals surface area contributed by atoms with Gasteiger partial charge in [0.15, 0.2) is 0 Å². The Morgan fingerprint density at radius 3 is 3.40 bits per heavy atom. The second-order valence-corrected chi connectivity index (χ2v) is 3.22. The summed E-state index contributed by atoms with van der Waals surface area (Å²) in [4.78, 5) is 1.84. The predicted molar refractivity (Wildman–Crippen MR) is 42.5 cm³/mol. The van der Waals surface area contributed by atoms with Gasteiger partial charge in [-0.25, -0.2) is 0 Å². The van der Waals surface area contributed by atoms with Gasteiger partial charge in [-0.2, -0.15) is 9.89 Å². The summed E-state index contributed by atoms with van der Waals surface area (Å²) in [5, 5.41) is 4.11. The van der Waals surface area contributed by atoms with Gasteiger partial charge in [0.25, 0.3) is 0 Å². The quantitative estimate of drug-likeness (QED) is 0.683. The van der Waals surface area contributed by atoms with Crippen molar-refractivity contribution in [2.45, 2.75) is 12.8 Å². The van der Waals surface area contributed by atoms with Crippen LogP contribution in [0.5, 0.6) is 0 Å². The van der Waals surface area contributed by atoms with E-state index in [2.05, 4.69) is 26.5 Å². The lowest BCUT2D eigenvalue weighted by atomic mass is 10.2. The van der Waals surface area contributed by atoms with E-state index in [-0.39, 0.29) is 0 Å². The van der Waals surface area contributed by atoms with E-state index in [1.807, 2.05) is 11.0 Å². The molecule has 0 saturated heterocycles. The first-order valence-electron chi connectivity index (χ1n) is 3.34. The van der Waals surface area contributed by atoms with Crippen LogP contribution in [0.1, 0.15) is 12.1 Å². The number of halogens is 1. The van der Waals surface area contributed by atoms with E-state index in [1.54, 1.807) is 0 Å². The minimum absolute atomic E-state index is 1.03. The predicted octanol–water partition coefficient (Wildman–Crippen LogP) is 1.14. The fourth-order valence-corrected chi connectivity index (χ4v) is 1.61. The highest BCUT2D eigenvalue weighted by atomic mass is 79.9. The van der Waals surface area contributed by atoms with Gasteiger partial charge in [0.2, 0.25) is 0 Å². The summed E-state index contributed by atoms with van der Waals surface area (Å²) in [6, 6.07) is 0. The van der Waals surface area contributed by atoms with Crippen LogP contribution in [0.25, 0.3) is 0 Å². The number of hydrogen-bond donors (Lipinski definition) is 1. The lowest BCUT2D eigenvalue weighted by Crippen LogP contribution is -2.25. The largest absolute Gasteiger partial charge is 0.310 e. The van der Waals surface area contributed by atoms with Gasteiger partial charge in [0.05, 0.1) is 16.4 Å². The molecule has 3 nitrogen and oxygen atoms in total. The fourth-order valence-electron chi connectivity index (χ4n) is 1.16. The topological polar surface area (TPSA) is 29.9 Å². The van der Waals surface area contributed by atoms with Gasteiger partial charge in [0, 0.05) is 6.54 Å². The van der Waals surface area contributed by atoms with E-state index >= 15 is 0 Å². The normalized spacial score (nSPS) is 16.1. The zero-order chi connectivity index (χ0) is 6.97. The van der Waals surface area contributed by atoms with E-state index in [9.17, 15) is 0 Å². The molecule has 1 aliphatic rings. The van der Waals surface area contributed by atoms with Crippen molar-refractivity contribution < 1.29 is 0 Å². The first-order valence-corrected chi connectivity index (χ1v) is 4.13. The molecule has 0 fully saturated rings. The Morgan fingerprint density at radius 1 is 1.70 bits per heavy atom. The summed E-state index contributed by atoms with van der Waals surface area (Å²) < 4.78 is 1.11. The van der Waals surface area contributed by atoms with Gasteiger partial charge < -0.3 is 5.43 Å². The summed E-state index contributed by atoms with van der Waals surface area (Å²) in [7, 11) is 0. The molecule has 0 saturated carbocycles. The molecule has 0 radical (unpaired) electrons. The van der Waals surface area contributed by atoms with E-state index in [4.69, 9.17) is 0 Å². The number of nitrogens with one attached hydrogen (secondary N) is 1. The molecule has 4 heteroatoms. The van der Waals surface area contributed by atoms with Gasteiger partial charge in [-0.15, -0.1) is 0 Å². The van der Waals surface area contributed by atoms with Crippen LogP contribution >= 0.6 is 15.9 Å².